The molecule has 0 aliphatic heterocycles. The largest absolute Gasteiger partial charge is 0.497 e. The van der Waals surface area contributed by atoms with E-state index < -0.39 is 64.2 Å². The normalized spacial score (nSPS) is 11.4. The highest BCUT2D eigenvalue weighted by Crippen LogP contribution is 2.43. The lowest BCUT2D eigenvalue weighted by molar-refractivity contribution is -0.138. The molecular weight excluding hydrogens is 851 g/mol. The Morgan fingerprint density at radius 2 is 1.02 bits per heavy atom. The van der Waals surface area contributed by atoms with Crippen molar-refractivity contribution in [2.45, 2.75) is 29.1 Å². The minimum absolute atomic E-state index is 0.00687. The highest BCUT2D eigenvalue weighted by molar-refractivity contribution is 7.99. The molecule has 0 atom stereocenters. The lowest BCUT2D eigenvalue weighted by atomic mass is 10.1. The number of benzene rings is 4. The van der Waals surface area contributed by atoms with Crippen LogP contribution in [-0.2, 0) is 12.4 Å². The molecular formula is C40H36F6N8O5S2. The van der Waals surface area contributed by atoms with Crippen LogP contribution in [0.2, 0.25) is 0 Å². The molecule has 5 rings (SSSR count). The van der Waals surface area contributed by atoms with Crippen molar-refractivity contribution in [3.63, 3.8) is 0 Å². The number of thioether (sulfide) groups is 2. The van der Waals surface area contributed by atoms with Gasteiger partial charge in [-0.05, 0) is 61.5 Å². The van der Waals surface area contributed by atoms with E-state index in [-0.39, 0.29) is 62.6 Å². The predicted octanol–water partition coefficient (Wildman–Crippen LogP) is 7.94. The van der Waals surface area contributed by atoms with Gasteiger partial charge in [-0.15, -0.1) is 23.5 Å². The molecule has 320 valence electrons. The number of hydrogen-bond acceptors (Lipinski definition) is 11. The van der Waals surface area contributed by atoms with Gasteiger partial charge in [0.2, 0.25) is 0 Å². The topological polar surface area (TPSA) is 203 Å². The number of alkyl halides is 6. The Kier molecular flexibility index (Phi) is 15.0. The number of ether oxygens (including phenoxy) is 1. The summed E-state index contributed by atoms with van der Waals surface area (Å²) in [7, 11) is 1.37. The second-order valence-corrected chi connectivity index (χ2v) is 15.0. The Bertz CT molecular complexity index is 2450. The predicted molar refractivity (Wildman–Crippen MR) is 220 cm³/mol. The Hall–Kier alpha value is -6.16. The number of aromatic nitrogens is 2. The molecule has 5 aromatic rings. The van der Waals surface area contributed by atoms with E-state index in [1.807, 2.05) is 0 Å². The number of nitrogens with two attached hydrogens (primary N) is 2. The van der Waals surface area contributed by atoms with Gasteiger partial charge in [0.1, 0.15) is 23.5 Å². The maximum atomic E-state index is 14.2. The number of rotatable bonds is 15. The smallest absolute Gasteiger partial charge is 0.416 e. The van der Waals surface area contributed by atoms with Crippen molar-refractivity contribution in [2.24, 2.45) is 11.5 Å². The third-order valence-corrected chi connectivity index (χ3v) is 10.6. The molecule has 0 unspecified atom stereocenters. The van der Waals surface area contributed by atoms with E-state index in [2.05, 4.69) is 31.2 Å². The fourth-order valence-corrected chi connectivity index (χ4v) is 7.21. The van der Waals surface area contributed by atoms with E-state index in [0.717, 1.165) is 47.5 Å². The molecule has 0 saturated carbocycles. The summed E-state index contributed by atoms with van der Waals surface area (Å²) in [5.74, 6) is -3.12. The van der Waals surface area contributed by atoms with Crippen LogP contribution in [0.1, 0.15) is 58.4 Å². The lowest BCUT2D eigenvalue weighted by Crippen LogP contribution is -2.21. The SMILES string of the molecule is COc1cccc(C(=O)Nc2cc(C(F)(F)F)cc(NC(=O)c3cc(C(=O)Nc4cc(C(F)(F)F)cc(NC(=O)c5cccc(C)c5)c4SCCN)ncn3)c2SCCN)c1. The average molecular weight is 887 g/mol. The molecule has 0 bridgehead atoms. The van der Waals surface area contributed by atoms with Crippen molar-refractivity contribution >= 4 is 69.9 Å². The van der Waals surface area contributed by atoms with Crippen molar-refractivity contribution < 1.29 is 50.3 Å². The summed E-state index contributed by atoms with van der Waals surface area (Å²) in [4.78, 5) is 61.4. The van der Waals surface area contributed by atoms with Crippen LogP contribution in [-0.4, -0.2) is 65.3 Å². The third kappa shape index (κ3) is 12.0. The van der Waals surface area contributed by atoms with Gasteiger partial charge in [-0.3, -0.25) is 19.2 Å². The molecule has 0 saturated heterocycles. The maximum absolute atomic E-state index is 14.2. The van der Waals surface area contributed by atoms with Crippen LogP contribution < -0.4 is 37.5 Å². The van der Waals surface area contributed by atoms with E-state index in [0.29, 0.717) is 23.9 Å². The van der Waals surface area contributed by atoms with Crippen LogP contribution in [0.5, 0.6) is 5.75 Å². The first kappa shape index (κ1) is 45.9. The maximum Gasteiger partial charge on any atom is 0.416 e. The Labute approximate surface area is 352 Å². The van der Waals surface area contributed by atoms with E-state index in [1.54, 1.807) is 25.1 Å². The third-order valence-electron chi connectivity index (χ3n) is 8.30. The first-order valence-electron chi connectivity index (χ1n) is 17.9. The van der Waals surface area contributed by atoms with Crippen molar-refractivity contribution in [1.29, 1.82) is 0 Å². The summed E-state index contributed by atoms with van der Waals surface area (Å²) in [6, 6.07) is 15.8. The minimum atomic E-state index is -4.94. The first-order valence-corrected chi connectivity index (χ1v) is 19.8. The molecule has 0 fully saturated rings. The number of hydrogen-bond donors (Lipinski definition) is 6. The highest BCUT2D eigenvalue weighted by Gasteiger charge is 2.35. The number of methoxy groups -OCH3 is 1. The molecule has 0 aliphatic rings. The molecule has 13 nitrogen and oxygen atoms in total. The van der Waals surface area contributed by atoms with Crippen LogP contribution in [0.15, 0.2) is 95.0 Å². The van der Waals surface area contributed by atoms with Crippen LogP contribution in [0, 0.1) is 6.92 Å². The van der Waals surface area contributed by atoms with Gasteiger partial charge < -0.3 is 37.5 Å². The standard InChI is InChI=1S/C40H36F6N8O5S2/c1-21-5-3-6-22(13-21)35(55)51-27-15-24(39(41,42)43)17-29(33(27)60-11-9-47)53-37(57)31-19-32(50-20-49-31)38(58)54-30-18-25(40(44,45)46)16-28(34(30)61-12-10-48)52-36(56)23-7-4-8-26(14-23)59-2/h3-8,13-20H,9-12,47-48H2,1-2H3,(H,51,55)(H,52,56)(H,53,57)(H,54,58). The van der Waals surface area contributed by atoms with E-state index >= 15 is 0 Å². The molecule has 0 aliphatic carbocycles. The van der Waals surface area contributed by atoms with Gasteiger partial charge in [-0.1, -0.05) is 23.8 Å². The Morgan fingerprint density at radius 3 is 1.41 bits per heavy atom. The van der Waals surface area contributed by atoms with Crippen LogP contribution in [0.4, 0.5) is 49.1 Å². The fourth-order valence-electron chi connectivity index (χ4n) is 5.51. The van der Waals surface area contributed by atoms with Crippen LogP contribution in [0.25, 0.3) is 0 Å². The second kappa shape index (κ2) is 19.9. The zero-order chi connectivity index (χ0) is 44.5. The van der Waals surface area contributed by atoms with Gasteiger partial charge in [0.15, 0.2) is 0 Å². The highest BCUT2D eigenvalue weighted by atomic mass is 32.2. The summed E-state index contributed by atoms with van der Waals surface area (Å²) >= 11 is 1.89. The number of amides is 4. The van der Waals surface area contributed by atoms with Gasteiger partial charge in [0.05, 0.1) is 50.8 Å². The molecule has 0 radical (unpaired) electrons. The molecule has 0 spiro atoms. The number of nitrogens with zero attached hydrogens (tertiary/aromatic N) is 2. The molecule has 61 heavy (non-hydrogen) atoms. The quantitative estimate of drug-likeness (QED) is 0.0440. The van der Waals surface area contributed by atoms with Gasteiger partial charge in [0, 0.05) is 41.8 Å². The van der Waals surface area contributed by atoms with Gasteiger partial charge in [0.25, 0.3) is 23.6 Å². The van der Waals surface area contributed by atoms with Gasteiger partial charge in [-0.2, -0.15) is 26.3 Å². The summed E-state index contributed by atoms with van der Waals surface area (Å²) in [6.45, 7) is 1.86. The number of nitrogens with one attached hydrogen (secondary N) is 4. The monoisotopic (exact) mass is 886 g/mol. The number of carbonyl (C=O) groups is 4. The number of carbonyl (C=O) groups excluding carboxylic acids is 4. The number of anilines is 4. The molecule has 1 heterocycles. The Morgan fingerprint density at radius 1 is 0.607 bits per heavy atom. The molecule has 21 heteroatoms. The lowest BCUT2D eigenvalue weighted by Gasteiger charge is -2.19. The van der Waals surface area contributed by atoms with Crippen molar-refractivity contribution in [3.05, 3.63) is 124 Å². The van der Waals surface area contributed by atoms with Gasteiger partial charge >= 0.3 is 12.4 Å². The van der Waals surface area contributed by atoms with Crippen molar-refractivity contribution in [3.8, 4) is 5.75 Å². The first-order chi connectivity index (χ1) is 28.9. The molecule has 4 aromatic carbocycles. The number of halogens is 6. The van der Waals surface area contributed by atoms with Crippen LogP contribution >= 0.6 is 23.5 Å². The minimum Gasteiger partial charge on any atom is -0.497 e. The summed E-state index contributed by atoms with van der Waals surface area (Å²) in [5, 5.41) is 9.69. The molecule has 1 aromatic heterocycles. The zero-order valence-corrected chi connectivity index (χ0v) is 33.7. The second-order valence-electron chi connectivity index (χ2n) is 12.8. The van der Waals surface area contributed by atoms with Crippen molar-refractivity contribution in [1.82, 2.24) is 9.97 Å². The molecule has 8 N–H and O–H groups in total. The van der Waals surface area contributed by atoms with Gasteiger partial charge in [-0.25, -0.2) is 9.97 Å². The van der Waals surface area contributed by atoms with Crippen molar-refractivity contribution in [2.75, 3.05) is 53.0 Å². The van der Waals surface area contributed by atoms with E-state index in [4.69, 9.17) is 16.2 Å². The summed E-state index contributed by atoms with van der Waals surface area (Å²) in [5.41, 5.74) is 7.46. The fraction of sp³-hybridized carbons (Fsp3) is 0.200. The van der Waals surface area contributed by atoms with E-state index in [9.17, 15) is 45.5 Å². The molecule has 4 amide bonds. The van der Waals surface area contributed by atoms with E-state index in [1.165, 1.54) is 37.4 Å². The summed E-state index contributed by atoms with van der Waals surface area (Å²) < 4.78 is 90.4. The average Bonchev–Trinajstić information content (AvgIpc) is 3.22. The summed E-state index contributed by atoms with van der Waals surface area (Å²) in [6.07, 6.45) is -9.08. The van der Waals surface area contributed by atoms with Crippen LogP contribution in [0.3, 0.4) is 0 Å². The Balaban J connectivity index is 1.48. The zero-order valence-electron chi connectivity index (χ0n) is 32.1. The number of aryl methyl sites for hydroxylation is 1.